The number of phenols is 1. The lowest BCUT2D eigenvalue weighted by molar-refractivity contribution is -0.0979. The molecule has 17 heavy (non-hydrogen) atoms. The first-order chi connectivity index (χ1) is 8.16. The van der Waals surface area contributed by atoms with Crippen LogP contribution < -0.4 is 5.73 Å². The van der Waals surface area contributed by atoms with Crippen LogP contribution in [0.4, 0.5) is 4.79 Å². The topological polar surface area (TPSA) is 89.6 Å². The molecular formula is C12H19NO4. The summed E-state index contributed by atoms with van der Waals surface area (Å²) in [6, 6.07) is 8.71. The van der Waals surface area contributed by atoms with Gasteiger partial charge in [0.2, 0.25) is 0 Å². The number of phenolic OH excluding ortho intramolecular Hbond substituents is 1. The molecule has 5 heteroatoms. The molecule has 1 rings (SSSR count). The number of nitrogens with two attached hydrogens (primary N) is 1. The molecule has 0 radical (unpaired) electrons. The zero-order valence-electron chi connectivity index (χ0n) is 9.96. The number of carbonyl (C=O) groups excluding carboxylic acids is 2. The van der Waals surface area contributed by atoms with Crippen molar-refractivity contribution in [3.63, 3.8) is 0 Å². The molecule has 0 saturated heterocycles. The molecule has 0 aliphatic rings. The number of amides is 1. The summed E-state index contributed by atoms with van der Waals surface area (Å²) in [5.41, 5.74) is 4.67. The summed E-state index contributed by atoms with van der Waals surface area (Å²) < 4.78 is 4.42. The van der Waals surface area contributed by atoms with Crippen molar-refractivity contribution in [3.05, 3.63) is 30.3 Å². The van der Waals surface area contributed by atoms with E-state index in [0.717, 1.165) is 12.8 Å². The highest BCUT2D eigenvalue weighted by Crippen LogP contribution is 2.02. The minimum Gasteiger partial charge on any atom is -0.508 e. The molecule has 0 bridgehead atoms. The molecule has 5 nitrogen and oxygen atoms in total. The van der Waals surface area contributed by atoms with Gasteiger partial charge in [-0.25, -0.2) is 4.79 Å². The Hall–Kier alpha value is -2.04. The molecule has 0 fully saturated rings. The zero-order chi connectivity index (χ0) is 13.5. The first-order valence-corrected chi connectivity index (χ1v) is 5.12. The average Bonchev–Trinajstić information content (AvgIpc) is 2.33. The number of primary amides is 1. The molecule has 0 aliphatic carbocycles. The van der Waals surface area contributed by atoms with Crippen LogP contribution in [0.1, 0.15) is 19.8 Å². The normalized spacial score (nSPS) is 7.82. The van der Waals surface area contributed by atoms with Gasteiger partial charge in [-0.05, 0) is 18.6 Å². The second-order valence-corrected chi connectivity index (χ2v) is 2.86. The Morgan fingerprint density at radius 2 is 1.88 bits per heavy atom. The SMILES string of the molecule is C=O.CCCCOC(N)=O.Oc1ccccc1. The number of benzene rings is 1. The number of aromatic hydroxyl groups is 1. The van der Waals surface area contributed by atoms with Gasteiger partial charge in [0.05, 0.1) is 6.61 Å². The van der Waals surface area contributed by atoms with E-state index >= 15 is 0 Å². The van der Waals surface area contributed by atoms with Gasteiger partial charge in [0.25, 0.3) is 0 Å². The van der Waals surface area contributed by atoms with Crippen LogP contribution in [0.3, 0.4) is 0 Å². The van der Waals surface area contributed by atoms with E-state index in [1.54, 1.807) is 24.3 Å². The molecule has 0 aliphatic heterocycles. The second kappa shape index (κ2) is 14.0. The van der Waals surface area contributed by atoms with E-state index in [2.05, 4.69) is 10.5 Å². The van der Waals surface area contributed by atoms with Crippen LogP contribution in [0.25, 0.3) is 0 Å². The first-order valence-electron chi connectivity index (χ1n) is 5.12. The van der Waals surface area contributed by atoms with E-state index in [-0.39, 0.29) is 0 Å². The fraction of sp³-hybridized carbons (Fsp3) is 0.333. The Morgan fingerprint density at radius 1 is 1.35 bits per heavy atom. The molecule has 0 saturated carbocycles. The van der Waals surface area contributed by atoms with Crippen molar-refractivity contribution in [1.29, 1.82) is 0 Å². The Labute approximate surface area is 101 Å². The average molecular weight is 241 g/mol. The lowest BCUT2D eigenvalue weighted by Gasteiger charge is -1.95. The molecule has 1 amide bonds. The fourth-order valence-electron chi connectivity index (χ4n) is 0.745. The highest BCUT2D eigenvalue weighted by Gasteiger charge is 1.88. The van der Waals surface area contributed by atoms with E-state index in [0.29, 0.717) is 12.4 Å². The standard InChI is InChI=1S/C6H6O.C5H11NO2.CH2O/c7-6-4-2-1-3-5-6;1-2-3-4-8-5(6)7;1-2/h1-5,7H;2-4H2,1H3,(H2,6,7);1H2. The fourth-order valence-corrected chi connectivity index (χ4v) is 0.745. The van der Waals surface area contributed by atoms with Crippen molar-refractivity contribution in [2.24, 2.45) is 5.73 Å². The third-order valence-corrected chi connectivity index (χ3v) is 1.50. The van der Waals surface area contributed by atoms with Gasteiger partial charge in [-0.2, -0.15) is 0 Å². The Bertz CT molecular complexity index is 277. The van der Waals surface area contributed by atoms with Gasteiger partial charge in [-0.3, -0.25) is 0 Å². The molecule has 0 aromatic heterocycles. The van der Waals surface area contributed by atoms with Crippen LogP contribution in [-0.4, -0.2) is 24.6 Å². The van der Waals surface area contributed by atoms with Crippen molar-refractivity contribution in [2.75, 3.05) is 6.61 Å². The molecule has 3 N–H and O–H groups in total. The molecular weight excluding hydrogens is 222 g/mol. The van der Waals surface area contributed by atoms with Crippen LogP contribution >= 0.6 is 0 Å². The summed E-state index contributed by atoms with van der Waals surface area (Å²) in [6.45, 7) is 4.47. The maximum atomic E-state index is 9.87. The van der Waals surface area contributed by atoms with Crippen LogP contribution in [0, 0.1) is 0 Å². The second-order valence-electron chi connectivity index (χ2n) is 2.86. The maximum Gasteiger partial charge on any atom is 0.404 e. The van der Waals surface area contributed by atoms with Crippen molar-refractivity contribution in [3.8, 4) is 5.75 Å². The summed E-state index contributed by atoms with van der Waals surface area (Å²) in [5.74, 6) is 0.322. The molecule has 1 aromatic carbocycles. The predicted octanol–water partition coefficient (Wildman–Crippen LogP) is 2.09. The third-order valence-electron chi connectivity index (χ3n) is 1.50. The molecule has 0 heterocycles. The molecule has 0 spiro atoms. The predicted molar refractivity (Wildman–Crippen MR) is 65.7 cm³/mol. The maximum absolute atomic E-state index is 9.87. The van der Waals surface area contributed by atoms with Crippen molar-refractivity contribution in [2.45, 2.75) is 19.8 Å². The van der Waals surface area contributed by atoms with E-state index in [1.807, 2.05) is 19.8 Å². The molecule has 96 valence electrons. The summed E-state index contributed by atoms with van der Waals surface area (Å²) in [4.78, 5) is 17.9. The van der Waals surface area contributed by atoms with Crippen LogP contribution in [0.5, 0.6) is 5.75 Å². The lowest BCUT2D eigenvalue weighted by atomic mass is 10.3. The van der Waals surface area contributed by atoms with Gasteiger partial charge in [-0.15, -0.1) is 0 Å². The number of carbonyl (C=O) groups is 2. The van der Waals surface area contributed by atoms with Crippen LogP contribution in [-0.2, 0) is 9.53 Å². The van der Waals surface area contributed by atoms with Crippen molar-refractivity contribution < 1.29 is 19.4 Å². The van der Waals surface area contributed by atoms with Crippen molar-refractivity contribution >= 4 is 12.9 Å². The van der Waals surface area contributed by atoms with Gasteiger partial charge in [-0.1, -0.05) is 31.5 Å². The van der Waals surface area contributed by atoms with Gasteiger partial charge in [0, 0.05) is 0 Å². The minimum atomic E-state index is -0.682. The van der Waals surface area contributed by atoms with Crippen molar-refractivity contribution in [1.82, 2.24) is 0 Å². The monoisotopic (exact) mass is 241 g/mol. The zero-order valence-corrected chi connectivity index (χ0v) is 9.96. The molecule has 0 unspecified atom stereocenters. The minimum absolute atomic E-state index is 0.322. The molecule has 1 aromatic rings. The third kappa shape index (κ3) is 16.6. The number of hydrogen-bond donors (Lipinski definition) is 2. The smallest absolute Gasteiger partial charge is 0.404 e. The summed E-state index contributed by atoms with van der Waals surface area (Å²) in [6.07, 6.45) is 1.23. The largest absolute Gasteiger partial charge is 0.508 e. The Kier molecular flexibility index (Phi) is 14.3. The summed E-state index contributed by atoms with van der Waals surface area (Å²) >= 11 is 0. The highest BCUT2D eigenvalue weighted by molar-refractivity contribution is 5.64. The quantitative estimate of drug-likeness (QED) is 0.793. The number of hydrogen-bond acceptors (Lipinski definition) is 4. The van der Waals surface area contributed by atoms with E-state index in [4.69, 9.17) is 9.90 Å². The van der Waals surface area contributed by atoms with E-state index in [1.165, 1.54) is 0 Å². The van der Waals surface area contributed by atoms with Gasteiger partial charge >= 0.3 is 6.09 Å². The summed E-state index contributed by atoms with van der Waals surface area (Å²) in [7, 11) is 0. The van der Waals surface area contributed by atoms with Crippen LogP contribution in [0.2, 0.25) is 0 Å². The molecule has 0 atom stereocenters. The number of para-hydroxylation sites is 1. The Balaban J connectivity index is 0. The Morgan fingerprint density at radius 3 is 2.18 bits per heavy atom. The van der Waals surface area contributed by atoms with E-state index < -0.39 is 6.09 Å². The number of rotatable bonds is 3. The number of unbranched alkanes of at least 4 members (excludes halogenated alkanes) is 1. The highest BCUT2D eigenvalue weighted by atomic mass is 16.5. The summed E-state index contributed by atoms with van der Waals surface area (Å²) in [5, 5.41) is 8.63. The van der Waals surface area contributed by atoms with Gasteiger partial charge in [0.15, 0.2) is 0 Å². The van der Waals surface area contributed by atoms with Gasteiger partial charge < -0.3 is 20.4 Å². The lowest BCUT2D eigenvalue weighted by Crippen LogP contribution is -2.13. The van der Waals surface area contributed by atoms with Gasteiger partial charge in [0.1, 0.15) is 12.5 Å². The van der Waals surface area contributed by atoms with E-state index in [9.17, 15) is 4.79 Å². The van der Waals surface area contributed by atoms with Crippen LogP contribution in [0.15, 0.2) is 30.3 Å². The number of ether oxygens (including phenoxy) is 1. The first kappa shape index (κ1) is 17.4.